The summed E-state index contributed by atoms with van der Waals surface area (Å²) in [6, 6.07) is 0. The number of ketones is 3. The molecule has 1 unspecified atom stereocenters. The SMILES string of the molecule is C=CC(=O)C(C=C(C)C)(C(=O)C=CC)C(=O)C(=C)C. The zero-order chi connectivity index (χ0) is 15.2. The standard InChI is InChI=1S/C16H20O3/c1-7-9-14(18)16(10-11(3)4,13(17)8-2)15(19)12(5)6/h7-10H,2,5H2,1,3-4,6H3. The summed E-state index contributed by atoms with van der Waals surface area (Å²) < 4.78 is 0. The lowest BCUT2D eigenvalue weighted by Crippen LogP contribution is -2.44. The minimum Gasteiger partial charge on any atom is -0.293 e. The zero-order valence-corrected chi connectivity index (χ0v) is 11.9. The van der Waals surface area contributed by atoms with Crippen LogP contribution in [0, 0.1) is 5.41 Å². The second kappa shape index (κ2) is 6.78. The van der Waals surface area contributed by atoms with Crippen molar-refractivity contribution in [1.82, 2.24) is 0 Å². The van der Waals surface area contributed by atoms with Crippen molar-refractivity contribution in [2.24, 2.45) is 5.41 Å². The Balaban J connectivity index is 6.34. The van der Waals surface area contributed by atoms with Gasteiger partial charge in [0.15, 0.2) is 22.8 Å². The molecule has 1 atom stereocenters. The van der Waals surface area contributed by atoms with Crippen molar-refractivity contribution in [2.75, 3.05) is 0 Å². The van der Waals surface area contributed by atoms with E-state index in [9.17, 15) is 14.4 Å². The summed E-state index contributed by atoms with van der Waals surface area (Å²) in [6.45, 7) is 13.5. The molecule has 0 saturated heterocycles. The van der Waals surface area contributed by atoms with Gasteiger partial charge < -0.3 is 0 Å². The summed E-state index contributed by atoms with van der Waals surface area (Å²) in [6.07, 6.45) is 5.11. The number of rotatable bonds is 7. The highest BCUT2D eigenvalue weighted by Crippen LogP contribution is 2.29. The molecular formula is C16H20O3. The van der Waals surface area contributed by atoms with Crippen LogP contribution < -0.4 is 0 Å². The average Bonchev–Trinajstić information content (AvgIpc) is 2.33. The number of Topliss-reactive ketones (excluding diaryl/α,β-unsaturated/α-hetero) is 1. The molecule has 0 amide bonds. The highest BCUT2D eigenvalue weighted by atomic mass is 16.2. The first-order valence-corrected chi connectivity index (χ1v) is 5.94. The lowest BCUT2D eigenvalue weighted by atomic mass is 9.72. The predicted octanol–water partition coefficient (Wildman–Crippen LogP) is 2.98. The molecule has 0 rings (SSSR count). The Kier molecular flexibility index (Phi) is 6.06. The van der Waals surface area contributed by atoms with Crippen molar-refractivity contribution < 1.29 is 14.4 Å². The lowest BCUT2D eigenvalue weighted by Gasteiger charge is -2.24. The highest BCUT2D eigenvalue weighted by Gasteiger charge is 2.47. The Labute approximate surface area is 114 Å². The molecule has 0 aliphatic rings. The van der Waals surface area contributed by atoms with E-state index >= 15 is 0 Å². The van der Waals surface area contributed by atoms with E-state index in [2.05, 4.69) is 13.2 Å². The Morgan fingerprint density at radius 1 is 1.05 bits per heavy atom. The first-order valence-electron chi connectivity index (χ1n) is 5.94. The first-order chi connectivity index (χ1) is 8.73. The van der Waals surface area contributed by atoms with Gasteiger partial charge >= 0.3 is 0 Å². The minimum atomic E-state index is -1.86. The van der Waals surface area contributed by atoms with Gasteiger partial charge in [-0.25, -0.2) is 0 Å². The monoisotopic (exact) mass is 260 g/mol. The molecule has 0 heterocycles. The summed E-state index contributed by atoms with van der Waals surface area (Å²) >= 11 is 0. The van der Waals surface area contributed by atoms with E-state index in [1.54, 1.807) is 20.8 Å². The largest absolute Gasteiger partial charge is 0.293 e. The molecule has 0 radical (unpaired) electrons. The Bertz CT molecular complexity index is 488. The fourth-order valence-corrected chi connectivity index (χ4v) is 1.77. The van der Waals surface area contributed by atoms with Gasteiger partial charge in [-0.1, -0.05) is 30.9 Å². The second-order valence-electron chi connectivity index (χ2n) is 4.57. The van der Waals surface area contributed by atoms with Crippen molar-refractivity contribution >= 4 is 17.3 Å². The van der Waals surface area contributed by atoms with Gasteiger partial charge in [-0.2, -0.15) is 0 Å². The summed E-state index contributed by atoms with van der Waals surface area (Å²) in [5.41, 5.74) is -1.01. The van der Waals surface area contributed by atoms with Gasteiger partial charge in [-0.05, 0) is 45.4 Å². The van der Waals surface area contributed by atoms with Gasteiger partial charge in [-0.3, -0.25) is 14.4 Å². The van der Waals surface area contributed by atoms with Gasteiger partial charge in [0.2, 0.25) is 0 Å². The Hall–Kier alpha value is -2.03. The van der Waals surface area contributed by atoms with Crippen LogP contribution in [0.15, 0.2) is 48.6 Å². The maximum Gasteiger partial charge on any atom is 0.183 e. The summed E-state index contributed by atoms with van der Waals surface area (Å²) in [5.74, 6) is -1.80. The first kappa shape index (κ1) is 17.0. The number of allylic oxidation sites excluding steroid dienone is 6. The van der Waals surface area contributed by atoms with Gasteiger partial charge in [0.1, 0.15) is 0 Å². The average molecular weight is 260 g/mol. The summed E-state index contributed by atoms with van der Waals surface area (Å²) in [5, 5.41) is 0. The number of carbonyl (C=O) groups is 3. The molecule has 3 nitrogen and oxygen atoms in total. The van der Waals surface area contributed by atoms with Crippen LogP contribution in [0.2, 0.25) is 0 Å². The van der Waals surface area contributed by atoms with Crippen LogP contribution in [0.4, 0.5) is 0 Å². The second-order valence-corrected chi connectivity index (χ2v) is 4.57. The van der Waals surface area contributed by atoms with Crippen molar-refractivity contribution in [2.45, 2.75) is 27.7 Å². The fourth-order valence-electron chi connectivity index (χ4n) is 1.77. The third-order valence-corrected chi connectivity index (χ3v) is 2.53. The summed E-state index contributed by atoms with van der Waals surface area (Å²) in [4.78, 5) is 36.8. The molecule has 0 aliphatic heterocycles. The molecule has 0 aromatic rings. The normalized spacial score (nSPS) is 13.5. The molecule has 0 aromatic heterocycles. The molecule has 0 spiro atoms. The van der Waals surface area contributed by atoms with E-state index in [-0.39, 0.29) is 5.57 Å². The van der Waals surface area contributed by atoms with E-state index in [0.717, 1.165) is 6.08 Å². The van der Waals surface area contributed by atoms with E-state index in [1.807, 2.05) is 0 Å². The van der Waals surface area contributed by atoms with Crippen LogP contribution >= 0.6 is 0 Å². The number of hydrogen-bond donors (Lipinski definition) is 0. The van der Waals surface area contributed by atoms with E-state index in [1.165, 1.54) is 25.2 Å². The molecule has 19 heavy (non-hydrogen) atoms. The van der Waals surface area contributed by atoms with Crippen molar-refractivity contribution in [3.63, 3.8) is 0 Å². The molecule has 0 saturated carbocycles. The molecule has 0 bridgehead atoms. The van der Waals surface area contributed by atoms with Crippen LogP contribution in [0.5, 0.6) is 0 Å². The lowest BCUT2D eigenvalue weighted by molar-refractivity contribution is -0.139. The predicted molar refractivity (Wildman–Crippen MR) is 76.7 cm³/mol. The zero-order valence-electron chi connectivity index (χ0n) is 11.9. The molecule has 0 fully saturated rings. The van der Waals surface area contributed by atoms with E-state index < -0.39 is 22.8 Å². The van der Waals surface area contributed by atoms with Gasteiger partial charge in [0.25, 0.3) is 0 Å². The molecule has 0 aliphatic carbocycles. The quantitative estimate of drug-likeness (QED) is 0.401. The number of hydrogen-bond acceptors (Lipinski definition) is 3. The molecular weight excluding hydrogens is 240 g/mol. The maximum absolute atomic E-state index is 12.3. The Morgan fingerprint density at radius 2 is 1.58 bits per heavy atom. The van der Waals surface area contributed by atoms with Gasteiger partial charge in [0.05, 0.1) is 0 Å². The van der Waals surface area contributed by atoms with Gasteiger partial charge in [0, 0.05) is 0 Å². The van der Waals surface area contributed by atoms with Crippen molar-refractivity contribution in [3.8, 4) is 0 Å². The summed E-state index contributed by atoms with van der Waals surface area (Å²) in [7, 11) is 0. The molecule has 3 heteroatoms. The third kappa shape index (κ3) is 3.47. The maximum atomic E-state index is 12.3. The van der Waals surface area contributed by atoms with E-state index in [4.69, 9.17) is 0 Å². The molecule has 0 N–H and O–H groups in total. The molecule has 102 valence electrons. The molecule has 0 aromatic carbocycles. The van der Waals surface area contributed by atoms with Crippen LogP contribution in [-0.4, -0.2) is 17.3 Å². The minimum absolute atomic E-state index is 0.158. The van der Waals surface area contributed by atoms with Crippen molar-refractivity contribution in [1.29, 1.82) is 0 Å². The van der Waals surface area contributed by atoms with E-state index in [0.29, 0.717) is 5.57 Å². The fraction of sp³-hybridized carbons (Fsp3) is 0.312. The smallest absolute Gasteiger partial charge is 0.183 e. The number of carbonyl (C=O) groups excluding carboxylic acids is 3. The Morgan fingerprint density at radius 3 is 1.89 bits per heavy atom. The van der Waals surface area contributed by atoms with Crippen LogP contribution in [0.25, 0.3) is 0 Å². The topological polar surface area (TPSA) is 51.2 Å². The third-order valence-electron chi connectivity index (χ3n) is 2.53. The van der Waals surface area contributed by atoms with Crippen molar-refractivity contribution in [3.05, 3.63) is 48.6 Å². The van der Waals surface area contributed by atoms with Gasteiger partial charge in [-0.15, -0.1) is 0 Å². The highest BCUT2D eigenvalue weighted by molar-refractivity contribution is 6.34. The van der Waals surface area contributed by atoms with Crippen LogP contribution in [0.1, 0.15) is 27.7 Å². The van der Waals surface area contributed by atoms with Crippen LogP contribution in [-0.2, 0) is 14.4 Å². The van der Waals surface area contributed by atoms with Crippen LogP contribution in [0.3, 0.4) is 0 Å².